The van der Waals surface area contributed by atoms with Crippen LogP contribution in [-0.2, 0) is 12.8 Å². The molecule has 2 aromatic rings. The zero-order chi connectivity index (χ0) is 13.2. The number of methoxy groups -OCH3 is 1. The summed E-state index contributed by atoms with van der Waals surface area (Å²) in [5.74, 6) is 0.918. The van der Waals surface area contributed by atoms with Crippen LogP contribution in [0.2, 0.25) is 0 Å². The van der Waals surface area contributed by atoms with Crippen molar-refractivity contribution >= 4 is 11.3 Å². The van der Waals surface area contributed by atoms with E-state index in [4.69, 9.17) is 4.74 Å². The van der Waals surface area contributed by atoms with Gasteiger partial charge in [-0.15, -0.1) is 11.3 Å². The second-order valence-corrected chi connectivity index (χ2v) is 6.12. The fraction of sp³-hybridized carbons (Fsp3) is 0.375. The maximum Gasteiger partial charge on any atom is 0.119 e. The van der Waals surface area contributed by atoms with Gasteiger partial charge in [-0.25, -0.2) is 0 Å². The predicted molar refractivity (Wildman–Crippen MR) is 80.2 cm³/mol. The third-order valence-corrected chi connectivity index (χ3v) is 5.07. The van der Waals surface area contributed by atoms with Crippen LogP contribution >= 0.6 is 11.3 Å². The van der Waals surface area contributed by atoms with Crippen molar-refractivity contribution in [3.8, 4) is 5.75 Å². The molecule has 0 saturated carbocycles. The SMILES string of the molecule is CNC(c1cccc(OC)c1)c1cc2c(s1)CCC2. The van der Waals surface area contributed by atoms with Gasteiger partial charge in [-0.1, -0.05) is 12.1 Å². The Labute approximate surface area is 118 Å². The first kappa shape index (κ1) is 12.7. The van der Waals surface area contributed by atoms with Crippen LogP contribution in [0.15, 0.2) is 30.3 Å². The molecule has 0 bridgehead atoms. The molecule has 0 amide bonds. The van der Waals surface area contributed by atoms with E-state index >= 15 is 0 Å². The molecule has 0 aliphatic heterocycles. The predicted octanol–water partition coefficient (Wildman–Crippen LogP) is 3.55. The molecule has 0 fully saturated rings. The Hall–Kier alpha value is -1.32. The van der Waals surface area contributed by atoms with Gasteiger partial charge in [0.15, 0.2) is 0 Å². The number of ether oxygens (including phenoxy) is 1. The van der Waals surface area contributed by atoms with Crippen LogP contribution in [0, 0.1) is 0 Å². The van der Waals surface area contributed by atoms with E-state index in [0.29, 0.717) is 0 Å². The maximum absolute atomic E-state index is 5.32. The van der Waals surface area contributed by atoms with Gasteiger partial charge in [0.1, 0.15) is 5.75 Å². The standard InChI is InChI=1S/C16H19NOS/c1-17-16(12-6-3-7-13(9-12)18-2)15-10-11-5-4-8-14(11)19-15/h3,6-7,9-10,16-17H,4-5,8H2,1-2H3. The highest BCUT2D eigenvalue weighted by Crippen LogP contribution is 2.36. The van der Waals surface area contributed by atoms with Crippen molar-refractivity contribution in [1.82, 2.24) is 5.32 Å². The van der Waals surface area contributed by atoms with Crippen molar-refractivity contribution in [2.75, 3.05) is 14.2 Å². The van der Waals surface area contributed by atoms with Crippen molar-refractivity contribution in [1.29, 1.82) is 0 Å². The molecule has 1 aliphatic carbocycles. The molecule has 2 nitrogen and oxygen atoms in total. The van der Waals surface area contributed by atoms with Crippen molar-refractivity contribution < 1.29 is 4.74 Å². The highest BCUT2D eigenvalue weighted by atomic mass is 32.1. The lowest BCUT2D eigenvalue weighted by atomic mass is 10.0. The summed E-state index contributed by atoms with van der Waals surface area (Å²) in [5.41, 5.74) is 2.82. The van der Waals surface area contributed by atoms with Crippen LogP contribution in [0.1, 0.15) is 33.3 Å². The lowest BCUT2D eigenvalue weighted by molar-refractivity contribution is 0.414. The normalized spacial score (nSPS) is 15.3. The van der Waals surface area contributed by atoms with E-state index in [1.165, 1.54) is 29.7 Å². The maximum atomic E-state index is 5.32. The molecule has 1 atom stereocenters. The molecule has 0 saturated heterocycles. The Morgan fingerprint density at radius 1 is 1.26 bits per heavy atom. The second-order valence-electron chi connectivity index (χ2n) is 4.95. The smallest absolute Gasteiger partial charge is 0.119 e. The molecule has 100 valence electrons. The van der Waals surface area contributed by atoms with E-state index in [9.17, 15) is 0 Å². The van der Waals surface area contributed by atoms with Crippen LogP contribution in [0.3, 0.4) is 0 Å². The number of aryl methyl sites for hydroxylation is 2. The molecule has 3 heteroatoms. The van der Waals surface area contributed by atoms with Gasteiger partial charge in [-0.3, -0.25) is 0 Å². The third-order valence-electron chi connectivity index (χ3n) is 3.77. The first-order valence-electron chi connectivity index (χ1n) is 6.74. The Morgan fingerprint density at radius 2 is 2.16 bits per heavy atom. The van der Waals surface area contributed by atoms with E-state index in [0.717, 1.165) is 5.75 Å². The number of thiophene rings is 1. The number of hydrogen-bond acceptors (Lipinski definition) is 3. The van der Waals surface area contributed by atoms with Crippen LogP contribution in [-0.4, -0.2) is 14.2 Å². The fourth-order valence-electron chi connectivity index (χ4n) is 2.79. The highest BCUT2D eigenvalue weighted by Gasteiger charge is 2.20. The third kappa shape index (κ3) is 2.40. The Morgan fingerprint density at radius 3 is 2.89 bits per heavy atom. The average Bonchev–Trinajstić information content (AvgIpc) is 3.01. The molecule has 1 heterocycles. The lowest BCUT2D eigenvalue weighted by Crippen LogP contribution is -2.16. The molecule has 0 radical (unpaired) electrons. The van der Waals surface area contributed by atoms with Gasteiger partial charge in [0.05, 0.1) is 13.2 Å². The van der Waals surface area contributed by atoms with Crippen molar-refractivity contribution in [3.05, 3.63) is 51.2 Å². The number of benzene rings is 1. The van der Waals surface area contributed by atoms with Crippen molar-refractivity contribution in [2.45, 2.75) is 25.3 Å². The van der Waals surface area contributed by atoms with Gasteiger partial charge in [0, 0.05) is 9.75 Å². The summed E-state index contributed by atoms with van der Waals surface area (Å²) in [6.45, 7) is 0. The van der Waals surface area contributed by atoms with Gasteiger partial charge < -0.3 is 10.1 Å². The average molecular weight is 273 g/mol. The van der Waals surface area contributed by atoms with Gasteiger partial charge in [0.25, 0.3) is 0 Å². The van der Waals surface area contributed by atoms with E-state index < -0.39 is 0 Å². The minimum absolute atomic E-state index is 0.269. The first-order valence-corrected chi connectivity index (χ1v) is 7.56. The second kappa shape index (κ2) is 5.35. The molecular weight excluding hydrogens is 254 g/mol. The molecule has 1 unspecified atom stereocenters. The van der Waals surface area contributed by atoms with Gasteiger partial charge in [-0.2, -0.15) is 0 Å². The molecular formula is C16H19NOS. The Balaban J connectivity index is 1.94. The fourth-order valence-corrected chi connectivity index (χ4v) is 4.18. The molecule has 1 N–H and O–H groups in total. The van der Waals surface area contributed by atoms with E-state index in [1.807, 2.05) is 24.5 Å². The van der Waals surface area contributed by atoms with E-state index in [-0.39, 0.29) is 6.04 Å². The molecule has 1 aliphatic rings. The minimum Gasteiger partial charge on any atom is -0.497 e. The summed E-state index contributed by atoms with van der Waals surface area (Å²) in [6.07, 6.45) is 3.83. The Kier molecular flexibility index (Phi) is 3.58. The topological polar surface area (TPSA) is 21.3 Å². The number of fused-ring (bicyclic) bond motifs is 1. The van der Waals surface area contributed by atoms with Crippen molar-refractivity contribution in [3.63, 3.8) is 0 Å². The minimum atomic E-state index is 0.269. The zero-order valence-corrected chi connectivity index (χ0v) is 12.2. The highest BCUT2D eigenvalue weighted by molar-refractivity contribution is 7.12. The summed E-state index contributed by atoms with van der Waals surface area (Å²) in [6, 6.07) is 11.0. The quantitative estimate of drug-likeness (QED) is 0.919. The molecule has 0 spiro atoms. The number of rotatable bonds is 4. The van der Waals surface area contributed by atoms with Crippen LogP contribution in [0.25, 0.3) is 0 Å². The first-order chi connectivity index (χ1) is 9.31. The van der Waals surface area contributed by atoms with Gasteiger partial charge >= 0.3 is 0 Å². The summed E-state index contributed by atoms with van der Waals surface area (Å²) < 4.78 is 5.32. The molecule has 19 heavy (non-hydrogen) atoms. The summed E-state index contributed by atoms with van der Waals surface area (Å²) >= 11 is 1.96. The molecule has 3 rings (SSSR count). The monoisotopic (exact) mass is 273 g/mol. The summed E-state index contributed by atoms with van der Waals surface area (Å²) in [7, 11) is 3.74. The van der Waals surface area contributed by atoms with Crippen LogP contribution in [0.4, 0.5) is 0 Å². The number of nitrogens with one attached hydrogen (secondary N) is 1. The Bertz CT molecular complexity index is 554. The lowest BCUT2D eigenvalue weighted by Gasteiger charge is -2.16. The summed E-state index contributed by atoms with van der Waals surface area (Å²) in [5, 5.41) is 3.43. The molecule has 1 aromatic carbocycles. The zero-order valence-electron chi connectivity index (χ0n) is 11.4. The summed E-state index contributed by atoms with van der Waals surface area (Å²) in [4.78, 5) is 3.00. The van der Waals surface area contributed by atoms with Crippen LogP contribution < -0.4 is 10.1 Å². The number of hydrogen-bond donors (Lipinski definition) is 1. The van der Waals surface area contributed by atoms with Gasteiger partial charge in [-0.05, 0) is 55.6 Å². The van der Waals surface area contributed by atoms with Crippen LogP contribution in [0.5, 0.6) is 5.75 Å². The van der Waals surface area contributed by atoms with E-state index in [1.54, 1.807) is 17.6 Å². The van der Waals surface area contributed by atoms with Crippen molar-refractivity contribution in [2.24, 2.45) is 0 Å². The molecule has 1 aromatic heterocycles. The largest absolute Gasteiger partial charge is 0.497 e. The van der Waals surface area contributed by atoms with Gasteiger partial charge in [0.2, 0.25) is 0 Å². The van der Waals surface area contributed by atoms with E-state index in [2.05, 4.69) is 29.6 Å².